The summed E-state index contributed by atoms with van der Waals surface area (Å²) < 4.78 is 15.5. The summed E-state index contributed by atoms with van der Waals surface area (Å²) in [4.78, 5) is 15.5. The summed E-state index contributed by atoms with van der Waals surface area (Å²) in [5.41, 5.74) is 3.90. The van der Waals surface area contributed by atoms with Crippen LogP contribution in [0.5, 0.6) is 5.75 Å². The van der Waals surface area contributed by atoms with Crippen LogP contribution >= 0.6 is 0 Å². The van der Waals surface area contributed by atoms with Crippen LogP contribution in [0.3, 0.4) is 0 Å². The van der Waals surface area contributed by atoms with E-state index in [1.807, 2.05) is 43.3 Å². The van der Waals surface area contributed by atoms with Crippen molar-refractivity contribution in [2.75, 3.05) is 39.8 Å². The van der Waals surface area contributed by atoms with E-state index in [2.05, 4.69) is 31.7 Å². The lowest BCUT2D eigenvalue weighted by atomic mass is 10.1. The predicted octanol–water partition coefficient (Wildman–Crippen LogP) is 3.06. The van der Waals surface area contributed by atoms with E-state index in [1.165, 1.54) is 7.11 Å². The molecule has 8 nitrogen and oxygen atoms in total. The molecule has 3 N–H and O–H groups in total. The van der Waals surface area contributed by atoms with E-state index in [0.29, 0.717) is 38.0 Å². The Bertz CT molecular complexity index is 838. The van der Waals surface area contributed by atoms with E-state index >= 15 is 0 Å². The number of nitrogens with zero attached hydrogens (tertiary/aromatic N) is 1. The Morgan fingerprint density at radius 2 is 1.73 bits per heavy atom. The molecular formula is C22H30N4O4. The molecule has 0 aliphatic heterocycles. The van der Waals surface area contributed by atoms with Crippen LogP contribution in [-0.2, 0) is 22.6 Å². The molecule has 0 heterocycles. The maximum atomic E-state index is 11.2. The Hall–Kier alpha value is -3.26. The fourth-order valence-corrected chi connectivity index (χ4v) is 2.64. The molecule has 0 bridgehead atoms. The Labute approximate surface area is 177 Å². The van der Waals surface area contributed by atoms with Crippen LogP contribution in [0.2, 0.25) is 0 Å². The summed E-state index contributed by atoms with van der Waals surface area (Å²) in [6.45, 7) is 4.24. The number of benzene rings is 2. The van der Waals surface area contributed by atoms with Gasteiger partial charge in [-0.1, -0.05) is 24.3 Å². The lowest BCUT2D eigenvalue weighted by molar-refractivity contribution is 0.145. The first kappa shape index (κ1) is 23.0. The highest BCUT2D eigenvalue weighted by molar-refractivity contribution is 5.84. The van der Waals surface area contributed by atoms with Crippen molar-refractivity contribution in [3.63, 3.8) is 0 Å². The van der Waals surface area contributed by atoms with E-state index in [-0.39, 0.29) is 0 Å². The van der Waals surface area contributed by atoms with Gasteiger partial charge in [-0.2, -0.15) is 0 Å². The Morgan fingerprint density at radius 3 is 2.40 bits per heavy atom. The molecule has 0 atom stereocenters. The molecule has 0 spiro atoms. The number of carbonyl (C=O) groups is 1. The average molecular weight is 415 g/mol. The van der Waals surface area contributed by atoms with Crippen LogP contribution in [0.1, 0.15) is 16.7 Å². The summed E-state index contributed by atoms with van der Waals surface area (Å²) in [7, 11) is 4.71. The van der Waals surface area contributed by atoms with Crippen molar-refractivity contribution in [3.8, 4) is 5.75 Å². The highest BCUT2D eigenvalue weighted by Gasteiger charge is 2.07. The number of amides is 1. The second kappa shape index (κ2) is 12.3. The van der Waals surface area contributed by atoms with Gasteiger partial charge in [0.05, 0.1) is 13.7 Å². The average Bonchev–Trinajstić information content (AvgIpc) is 2.76. The number of anilines is 1. The number of aliphatic imine (C=N–C) groups is 1. The van der Waals surface area contributed by atoms with Crippen LogP contribution in [0.15, 0.2) is 47.5 Å². The number of aryl methyl sites for hydroxylation is 1. The minimum Gasteiger partial charge on any atom is -0.491 e. The molecular weight excluding hydrogens is 384 g/mol. The van der Waals surface area contributed by atoms with Gasteiger partial charge in [-0.25, -0.2) is 4.79 Å². The van der Waals surface area contributed by atoms with Gasteiger partial charge in [0.1, 0.15) is 12.4 Å². The maximum absolute atomic E-state index is 11.2. The van der Waals surface area contributed by atoms with Crippen molar-refractivity contribution in [2.24, 2.45) is 4.99 Å². The quantitative estimate of drug-likeness (QED) is 0.332. The zero-order valence-electron chi connectivity index (χ0n) is 18.0. The number of hydrogen-bond acceptors (Lipinski definition) is 5. The highest BCUT2D eigenvalue weighted by atomic mass is 16.5. The molecule has 162 valence electrons. The van der Waals surface area contributed by atoms with Crippen molar-refractivity contribution < 1.29 is 19.0 Å². The summed E-state index contributed by atoms with van der Waals surface area (Å²) in [5.74, 6) is 1.51. The van der Waals surface area contributed by atoms with Crippen LogP contribution in [0.25, 0.3) is 0 Å². The SMILES string of the molecule is CN=C(NCc1ccc(NC(=O)OC)cc1)NCc1ccc(C)cc1OCCOC. The maximum Gasteiger partial charge on any atom is 0.411 e. The minimum atomic E-state index is -0.493. The van der Waals surface area contributed by atoms with E-state index in [0.717, 1.165) is 22.4 Å². The molecule has 0 aliphatic carbocycles. The van der Waals surface area contributed by atoms with Gasteiger partial charge in [0, 0.05) is 38.5 Å². The number of rotatable bonds is 9. The molecule has 0 radical (unpaired) electrons. The van der Waals surface area contributed by atoms with Gasteiger partial charge in [-0.05, 0) is 36.2 Å². The topological polar surface area (TPSA) is 93.2 Å². The first-order valence-electron chi connectivity index (χ1n) is 9.65. The van der Waals surface area contributed by atoms with E-state index < -0.39 is 6.09 Å². The van der Waals surface area contributed by atoms with Crippen molar-refractivity contribution in [3.05, 3.63) is 59.2 Å². The molecule has 1 amide bonds. The van der Waals surface area contributed by atoms with Crippen LogP contribution < -0.4 is 20.7 Å². The first-order chi connectivity index (χ1) is 14.5. The second-order valence-corrected chi connectivity index (χ2v) is 6.55. The Kier molecular flexibility index (Phi) is 9.47. The number of guanidine groups is 1. The normalized spacial score (nSPS) is 11.0. The summed E-state index contributed by atoms with van der Waals surface area (Å²) >= 11 is 0. The molecule has 0 aromatic heterocycles. The number of ether oxygens (including phenoxy) is 3. The third kappa shape index (κ3) is 7.63. The minimum absolute atomic E-state index is 0.493. The van der Waals surface area contributed by atoms with Crippen molar-refractivity contribution in [1.29, 1.82) is 0 Å². The molecule has 0 unspecified atom stereocenters. The third-order valence-corrected chi connectivity index (χ3v) is 4.28. The van der Waals surface area contributed by atoms with Gasteiger partial charge in [0.25, 0.3) is 0 Å². The lowest BCUT2D eigenvalue weighted by Crippen LogP contribution is -2.36. The molecule has 0 aliphatic rings. The molecule has 2 aromatic carbocycles. The number of nitrogens with one attached hydrogen (secondary N) is 3. The van der Waals surface area contributed by atoms with Gasteiger partial charge >= 0.3 is 6.09 Å². The molecule has 8 heteroatoms. The molecule has 0 saturated heterocycles. The second-order valence-electron chi connectivity index (χ2n) is 6.55. The van der Waals surface area contributed by atoms with Crippen LogP contribution in [0.4, 0.5) is 10.5 Å². The lowest BCUT2D eigenvalue weighted by Gasteiger charge is -2.15. The first-order valence-corrected chi connectivity index (χ1v) is 9.65. The summed E-state index contributed by atoms with van der Waals surface area (Å²) in [6, 6.07) is 13.6. The molecule has 0 saturated carbocycles. The van der Waals surface area contributed by atoms with Crippen LogP contribution in [0, 0.1) is 6.92 Å². The van der Waals surface area contributed by atoms with E-state index in [4.69, 9.17) is 9.47 Å². The van der Waals surface area contributed by atoms with Gasteiger partial charge in [-0.15, -0.1) is 0 Å². The monoisotopic (exact) mass is 414 g/mol. The van der Waals surface area contributed by atoms with Crippen LogP contribution in [-0.4, -0.2) is 46.5 Å². The number of hydrogen-bond donors (Lipinski definition) is 3. The Balaban J connectivity index is 1.88. The number of carbonyl (C=O) groups excluding carboxylic acids is 1. The summed E-state index contributed by atoms with van der Waals surface area (Å²) in [6.07, 6.45) is -0.493. The number of methoxy groups -OCH3 is 2. The van der Waals surface area contributed by atoms with Gasteiger partial charge < -0.3 is 24.8 Å². The highest BCUT2D eigenvalue weighted by Crippen LogP contribution is 2.20. The van der Waals surface area contributed by atoms with Gasteiger partial charge in [-0.3, -0.25) is 10.3 Å². The smallest absolute Gasteiger partial charge is 0.411 e. The van der Waals surface area contributed by atoms with Gasteiger partial charge in [0.2, 0.25) is 0 Å². The van der Waals surface area contributed by atoms with Gasteiger partial charge in [0.15, 0.2) is 5.96 Å². The predicted molar refractivity (Wildman–Crippen MR) is 118 cm³/mol. The fourth-order valence-electron chi connectivity index (χ4n) is 2.64. The zero-order valence-corrected chi connectivity index (χ0v) is 18.0. The van der Waals surface area contributed by atoms with E-state index in [9.17, 15) is 4.79 Å². The fraction of sp³-hybridized carbons (Fsp3) is 0.364. The standard InChI is InChI=1S/C22H30N4O4/c1-16-5-8-18(20(13-16)30-12-11-28-3)15-25-21(23-2)24-14-17-6-9-19(10-7-17)26-22(27)29-4/h5-10,13H,11-12,14-15H2,1-4H3,(H,26,27)(H2,23,24,25). The molecule has 2 aromatic rings. The molecule has 30 heavy (non-hydrogen) atoms. The van der Waals surface area contributed by atoms with Crippen molar-refractivity contribution in [2.45, 2.75) is 20.0 Å². The molecule has 2 rings (SSSR count). The Morgan fingerprint density at radius 1 is 1.00 bits per heavy atom. The van der Waals surface area contributed by atoms with E-state index in [1.54, 1.807) is 14.2 Å². The zero-order chi connectivity index (χ0) is 21.8. The van der Waals surface area contributed by atoms with Crippen molar-refractivity contribution in [1.82, 2.24) is 10.6 Å². The molecule has 0 fully saturated rings. The summed E-state index contributed by atoms with van der Waals surface area (Å²) in [5, 5.41) is 9.21. The van der Waals surface area contributed by atoms with Crippen molar-refractivity contribution >= 4 is 17.7 Å². The largest absolute Gasteiger partial charge is 0.491 e. The third-order valence-electron chi connectivity index (χ3n) is 4.28.